The molecule has 1 heterocycles. The third-order valence-corrected chi connectivity index (χ3v) is 3.14. The van der Waals surface area contributed by atoms with Crippen molar-refractivity contribution in [3.63, 3.8) is 0 Å². The lowest BCUT2D eigenvalue weighted by Gasteiger charge is -2.41. The summed E-state index contributed by atoms with van der Waals surface area (Å²) in [7, 11) is 0. The second-order valence-corrected chi connectivity index (χ2v) is 6.12. The topological polar surface area (TPSA) is 41.5 Å². The Labute approximate surface area is 93.2 Å². The maximum absolute atomic E-state index is 9.04. The lowest BCUT2D eigenvalue weighted by molar-refractivity contribution is -0.101. The molecule has 0 spiro atoms. The van der Waals surface area contributed by atoms with E-state index in [4.69, 9.17) is 9.84 Å². The van der Waals surface area contributed by atoms with Gasteiger partial charge in [0.15, 0.2) is 0 Å². The van der Waals surface area contributed by atoms with E-state index in [-0.39, 0.29) is 12.0 Å². The van der Waals surface area contributed by atoms with Crippen LogP contribution in [0.2, 0.25) is 0 Å². The molecule has 1 atom stereocenters. The molecule has 1 aliphatic rings. The first-order valence-corrected chi connectivity index (χ1v) is 5.79. The zero-order valence-electron chi connectivity index (χ0n) is 10.5. The van der Waals surface area contributed by atoms with Gasteiger partial charge in [0.2, 0.25) is 0 Å². The molecule has 0 aromatic carbocycles. The van der Waals surface area contributed by atoms with Crippen molar-refractivity contribution >= 4 is 0 Å². The van der Waals surface area contributed by atoms with E-state index in [2.05, 4.69) is 33.0 Å². The van der Waals surface area contributed by atoms with Crippen molar-refractivity contribution in [1.29, 1.82) is 0 Å². The van der Waals surface area contributed by atoms with E-state index in [9.17, 15) is 0 Å². The highest BCUT2D eigenvalue weighted by Gasteiger charge is 2.35. The molecule has 1 aliphatic heterocycles. The Morgan fingerprint density at radius 2 is 2.00 bits per heavy atom. The fourth-order valence-electron chi connectivity index (χ4n) is 1.89. The molecular weight excluding hydrogens is 190 g/mol. The quantitative estimate of drug-likeness (QED) is 0.728. The molecule has 2 N–H and O–H groups in total. The molecule has 0 aromatic rings. The molecule has 0 aromatic heterocycles. The van der Waals surface area contributed by atoms with Crippen LogP contribution in [0, 0.1) is 10.8 Å². The van der Waals surface area contributed by atoms with Crippen molar-refractivity contribution in [2.45, 2.75) is 40.2 Å². The molecule has 15 heavy (non-hydrogen) atoms. The van der Waals surface area contributed by atoms with Gasteiger partial charge in [-0.3, -0.25) is 0 Å². The summed E-state index contributed by atoms with van der Waals surface area (Å²) in [4.78, 5) is 0. The molecule has 90 valence electrons. The third-order valence-electron chi connectivity index (χ3n) is 3.14. The molecular formula is C12H25NO2. The Bertz CT molecular complexity index is 194. The van der Waals surface area contributed by atoms with Gasteiger partial charge in [0.05, 0.1) is 13.2 Å². The van der Waals surface area contributed by atoms with E-state index in [1.807, 2.05) is 0 Å². The number of rotatable bonds is 5. The van der Waals surface area contributed by atoms with Crippen molar-refractivity contribution in [2.75, 3.05) is 26.4 Å². The summed E-state index contributed by atoms with van der Waals surface area (Å²) >= 11 is 0. The third kappa shape index (κ3) is 3.74. The minimum absolute atomic E-state index is 0.198. The smallest absolute Gasteiger partial charge is 0.0554 e. The van der Waals surface area contributed by atoms with Crippen LogP contribution < -0.4 is 5.32 Å². The molecule has 3 heteroatoms. The number of hydrogen-bond acceptors (Lipinski definition) is 3. The normalized spacial score (nSPS) is 22.2. The van der Waals surface area contributed by atoms with Gasteiger partial charge in [-0.2, -0.15) is 0 Å². The average molecular weight is 215 g/mol. The van der Waals surface area contributed by atoms with Crippen molar-refractivity contribution in [1.82, 2.24) is 5.32 Å². The fraction of sp³-hybridized carbons (Fsp3) is 1.00. The van der Waals surface area contributed by atoms with Gasteiger partial charge in [0.1, 0.15) is 0 Å². The molecule has 3 nitrogen and oxygen atoms in total. The van der Waals surface area contributed by atoms with E-state index in [1.165, 1.54) is 0 Å². The molecule has 1 unspecified atom stereocenters. The second-order valence-electron chi connectivity index (χ2n) is 6.12. The molecule has 1 fully saturated rings. The highest BCUT2D eigenvalue weighted by atomic mass is 16.5. The summed E-state index contributed by atoms with van der Waals surface area (Å²) in [6, 6.07) is 0.375. The zero-order valence-corrected chi connectivity index (χ0v) is 10.5. The van der Waals surface area contributed by atoms with Gasteiger partial charge < -0.3 is 15.2 Å². The zero-order chi connectivity index (χ0) is 11.5. The number of hydrogen-bond donors (Lipinski definition) is 2. The minimum Gasteiger partial charge on any atom is -0.396 e. The van der Waals surface area contributed by atoms with E-state index >= 15 is 0 Å². The Morgan fingerprint density at radius 3 is 2.33 bits per heavy atom. The fourth-order valence-corrected chi connectivity index (χ4v) is 1.89. The molecule has 1 saturated heterocycles. The van der Waals surface area contributed by atoms with E-state index in [0.29, 0.717) is 11.5 Å². The number of aliphatic hydroxyl groups excluding tert-OH is 1. The lowest BCUT2D eigenvalue weighted by atomic mass is 9.82. The van der Waals surface area contributed by atoms with Crippen molar-refractivity contribution in [3.8, 4) is 0 Å². The van der Waals surface area contributed by atoms with Gasteiger partial charge in [-0.05, 0) is 11.8 Å². The van der Waals surface area contributed by atoms with E-state index < -0.39 is 0 Å². The van der Waals surface area contributed by atoms with Crippen LogP contribution in [0.15, 0.2) is 0 Å². The molecule has 1 rings (SSSR count). The van der Waals surface area contributed by atoms with Crippen LogP contribution in [0.3, 0.4) is 0 Å². The number of ether oxygens (including phenoxy) is 1. The van der Waals surface area contributed by atoms with Gasteiger partial charge in [-0.25, -0.2) is 0 Å². The summed E-state index contributed by atoms with van der Waals surface area (Å²) in [5.74, 6) is 0. The predicted molar refractivity (Wildman–Crippen MR) is 61.9 cm³/mol. The van der Waals surface area contributed by atoms with Crippen LogP contribution in [-0.2, 0) is 4.74 Å². The van der Waals surface area contributed by atoms with E-state index in [1.54, 1.807) is 0 Å². The molecule has 0 amide bonds. The van der Waals surface area contributed by atoms with Crippen LogP contribution in [0.4, 0.5) is 0 Å². The first-order chi connectivity index (χ1) is 6.87. The Kier molecular flexibility index (Phi) is 4.15. The minimum atomic E-state index is 0.198. The van der Waals surface area contributed by atoms with Crippen molar-refractivity contribution in [2.24, 2.45) is 10.8 Å². The maximum Gasteiger partial charge on any atom is 0.0554 e. The summed E-state index contributed by atoms with van der Waals surface area (Å²) in [6.07, 6.45) is 0.820. The molecule has 0 aliphatic carbocycles. The highest BCUT2D eigenvalue weighted by Crippen LogP contribution is 2.27. The van der Waals surface area contributed by atoms with Crippen molar-refractivity contribution in [3.05, 3.63) is 0 Å². The summed E-state index contributed by atoms with van der Waals surface area (Å²) in [5.41, 5.74) is 0.503. The van der Waals surface area contributed by atoms with Crippen LogP contribution in [0.5, 0.6) is 0 Å². The Morgan fingerprint density at radius 1 is 1.40 bits per heavy atom. The van der Waals surface area contributed by atoms with Crippen LogP contribution in [0.25, 0.3) is 0 Å². The number of aliphatic hydroxyl groups is 1. The predicted octanol–water partition coefficient (Wildman–Crippen LogP) is 1.41. The van der Waals surface area contributed by atoms with Crippen LogP contribution in [-0.4, -0.2) is 37.5 Å². The number of nitrogens with one attached hydrogen (secondary N) is 1. The van der Waals surface area contributed by atoms with Gasteiger partial charge in [0.25, 0.3) is 0 Å². The highest BCUT2D eigenvalue weighted by molar-refractivity contribution is 4.87. The SMILES string of the molecule is CC1(CNC(CCO)C(C)(C)C)COC1. The average Bonchev–Trinajstić information content (AvgIpc) is 2.07. The van der Waals surface area contributed by atoms with Gasteiger partial charge in [-0.15, -0.1) is 0 Å². The lowest BCUT2D eigenvalue weighted by Crippen LogP contribution is -2.52. The maximum atomic E-state index is 9.04. The largest absolute Gasteiger partial charge is 0.396 e. The standard InChI is InChI=1S/C12H25NO2/c1-11(2,3)10(5-6-14)13-7-12(4)8-15-9-12/h10,13-14H,5-9H2,1-4H3. The summed E-state index contributed by atoms with van der Waals surface area (Å²) in [6.45, 7) is 11.8. The molecule has 0 radical (unpaired) electrons. The molecule has 0 saturated carbocycles. The van der Waals surface area contributed by atoms with Gasteiger partial charge in [0, 0.05) is 24.6 Å². The second kappa shape index (κ2) is 4.81. The first kappa shape index (κ1) is 12.9. The van der Waals surface area contributed by atoms with Gasteiger partial charge in [-0.1, -0.05) is 27.7 Å². The van der Waals surface area contributed by atoms with E-state index in [0.717, 1.165) is 26.2 Å². The summed E-state index contributed by atoms with van der Waals surface area (Å²) in [5, 5.41) is 12.6. The van der Waals surface area contributed by atoms with Crippen LogP contribution >= 0.6 is 0 Å². The molecule has 0 bridgehead atoms. The van der Waals surface area contributed by atoms with Gasteiger partial charge >= 0.3 is 0 Å². The Balaban J connectivity index is 2.37. The van der Waals surface area contributed by atoms with Crippen LogP contribution in [0.1, 0.15) is 34.1 Å². The summed E-state index contributed by atoms with van der Waals surface area (Å²) < 4.78 is 5.23. The first-order valence-electron chi connectivity index (χ1n) is 5.79. The Hall–Kier alpha value is -0.120. The van der Waals surface area contributed by atoms with Crippen molar-refractivity contribution < 1.29 is 9.84 Å². The monoisotopic (exact) mass is 215 g/mol.